The minimum Gasteiger partial charge on any atom is -0.504 e. The Morgan fingerprint density at radius 3 is 2.70 bits per heavy atom. The molecule has 0 aliphatic rings. The smallest absolute Gasteiger partial charge is 0.259 e. The number of benzene rings is 2. The average Bonchev–Trinajstić information content (AvgIpc) is 2.56. The number of ether oxygens (including phenoxy) is 1. The molecule has 0 aromatic heterocycles. The van der Waals surface area contributed by atoms with Crippen LogP contribution >= 0.6 is 0 Å². The van der Waals surface area contributed by atoms with Crippen molar-refractivity contribution >= 4 is 17.8 Å². The highest BCUT2D eigenvalue weighted by atomic mass is 16.5. The van der Waals surface area contributed by atoms with Crippen LogP contribution in [0.4, 0.5) is 5.69 Å². The fourth-order valence-electron chi connectivity index (χ4n) is 1.88. The Morgan fingerprint density at radius 1 is 1.26 bits per heavy atom. The molecule has 3 N–H and O–H groups in total. The summed E-state index contributed by atoms with van der Waals surface area (Å²) >= 11 is 0. The van der Waals surface area contributed by atoms with Crippen LogP contribution in [-0.4, -0.2) is 30.9 Å². The number of carbonyl (C=O) groups is 1. The largest absolute Gasteiger partial charge is 0.504 e. The maximum atomic E-state index is 11.7. The predicted molar refractivity (Wildman–Crippen MR) is 90.1 cm³/mol. The Hall–Kier alpha value is -3.02. The van der Waals surface area contributed by atoms with Crippen LogP contribution in [0.3, 0.4) is 0 Å². The third-order valence-electron chi connectivity index (χ3n) is 3.15. The molecule has 0 bridgehead atoms. The summed E-state index contributed by atoms with van der Waals surface area (Å²) in [5.74, 6) is 0.0382. The number of hydrogen-bond donors (Lipinski definition) is 3. The molecule has 0 heterocycles. The Labute approximate surface area is 134 Å². The Balaban J connectivity index is 1.85. The molecule has 120 valence electrons. The van der Waals surface area contributed by atoms with Gasteiger partial charge in [-0.15, -0.1) is 0 Å². The number of aromatic hydroxyl groups is 1. The number of para-hydroxylation sites is 1. The van der Waals surface area contributed by atoms with Gasteiger partial charge in [0.1, 0.15) is 0 Å². The van der Waals surface area contributed by atoms with Gasteiger partial charge in [0.25, 0.3) is 5.91 Å². The number of carbonyl (C=O) groups excluding carboxylic acids is 1. The molecule has 2 aromatic carbocycles. The van der Waals surface area contributed by atoms with Crippen LogP contribution in [-0.2, 0) is 4.79 Å². The number of aryl methyl sites for hydroxylation is 1. The number of nitrogens with zero attached hydrogens (tertiary/aromatic N) is 1. The zero-order chi connectivity index (χ0) is 16.7. The number of methoxy groups -OCH3 is 1. The van der Waals surface area contributed by atoms with Gasteiger partial charge in [-0.25, -0.2) is 5.43 Å². The van der Waals surface area contributed by atoms with E-state index in [1.165, 1.54) is 13.3 Å². The Bertz CT molecular complexity index is 697. The van der Waals surface area contributed by atoms with E-state index in [4.69, 9.17) is 4.74 Å². The first-order valence-corrected chi connectivity index (χ1v) is 7.08. The second kappa shape index (κ2) is 7.84. The molecule has 0 aliphatic heterocycles. The van der Waals surface area contributed by atoms with Crippen molar-refractivity contribution in [1.82, 2.24) is 5.43 Å². The summed E-state index contributed by atoms with van der Waals surface area (Å²) in [6.07, 6.45) is 1.36. The van der Waals surface area contributed by atoms with Crippen LogP contribution in [0.25, 0.3) is 0 Å². The fourth-order valence-corrected chi connectivity index (χ4v) is 1.88. The second-order valence-electron chi connectivity index (χ2n) is 4.91. The Morgan fingerprint density at radius 2 is 2.00 bits per heavy atom. The minimum absolute atomic E-state index is 0.0224. The monoisotopic (exact) mass is 313 g/mol. The lowest BCUT2D eigenvalue weighted by molar-refractivity contribution is -0.119. The molecule has 0 unspecified atom stereocenters. The first kappa shape index (κ1) is 16.4. The lowest BCUT2D eigenvalue weighted by Gasteiger charge is -2.06. The van der Waals surface area contributed by atoms with Crippen molar-refractivity contribution in [2.75, 3.05) is 19.0 Å². The minimum atomic E-state index is -0.288. The molecule has 2 rings (SSSR count). The van der Waals surface area contributed by atoms with E-state index in [0.717, 1.165) is 11.3 Å². The summed E-state index contributed by atoms with van der Waals surface area (Å²) in [7, 11) is 1.47. The van der Waals surface area contributed by atoms with Crippen molar-refractivity contribution in [2.45, 2.75) is 6.92 Å². The number of rotatable bonds is 6. The van der Waals surface area contributed by atoms with Crippen molar-refractivity contribution in [2.24, 2.45) is 5.10 Å². The summed E-state index contributed by atoms with van der Waals surface area (Å²) in [5.41, 5.74) is 4.86. The van der Waals surface area contributed by atoms with Crippen molar-refractivity contribution in [1.29, 1.82) is 0 Å². The summed E-state index contributed by atoms with van der Waals surface area (Å²) in [4.78, 5) is 11.7. The van der Waals surface area contributed by atoms with Gasteiger partial charge in [0.15, 0.2) is 11.5 Å². The van der Waals surface area contributed by atoms with Gasteiger partial charge < -0.3 is 15.2 Å². The third kappa shape index (κ3) is 4.74. The van der Waals surface area contributed by atoms with E-state index in [0.29, 0.717) is 11.3 Å². The maximum absolute atomic E-state index is 11.7. The Kier molecular flexibility index (Phi) is 5.57. The zero-order valence-corrected chi connectivity index (χ0v) is 13.0. The van der Waals surface area contributed by atoms with Crippen LogP contribution < -0.4 is 15.5 Å². The molecule has 1 amide bonds. The summed E-state index contributed by atoms with van der Waals surface area (Å²) in [6, 6.07) is 12.8. The van der Waals surface area contributed by atoms with E-state index >= 15 is 0 Å². The zero-order valence-electron chi connectivity index (χ0n) is 13.0. The SMILES string of the molecule is COc1cccc(/C=N/NC(=O)CNc2ccc(C)cc2)c1O. The number of phenolic OH excluding ortho intramolecular Hbond substituents is 1. The molecule has 6 nitrogen and oxygen atoms in total. The number of nitrogens with one attached hydrogen (secondary N) is 2. The number of hydrazone groups is 1. The summed E-state index contributed by atoms with van der Waals surface area (Å²) in [6.45, 7) is 2.10. The average molecular weight is 313 g/mol. The van der Waals surface area contributed by atoms with Gasteiger partial charge in [0, 0.05) is 11.3 Å². The van der Waals surface area contributed by atoms with E-state index in [2.05, 4.69) is 15.8 Å². The first-order chi connectivity index (χ1) is 11.1. The topological polar surface area (TPSA) is 83.0 Å². The van der Waals surface area contributed by atoms with Crippen LogP contribution in [0.1, 0.15) is 11.1 Å². The number of hydrogen-bond acceptors (Lipinski definition) is 5. The molecule has 0 aliphatic carbocycles. The first-order valence-electron chi connectivity index (χ1n) is 7.08. The molecule has 0 radical (unpaired) electrons. The van der Waals surface area contributed by atoms with E-state index in [9.17, 15) is 9.90 Å². The van der Waals surface area contributed by atoms with Gasteiger partial charge in [-0.2, -0.15) is 5.10 Å². The highest BCUT2D eigenvalue weighted by molar-refractivity contribution is 5.87. The van der Waals surface area contributed by atoms with Crippen LogP contribution in [0.2, 0.25) is 0 Å². The van der Waals surface area contributed by atoms with Crippen LogP contribution in [0, 0.1) is 6.92 Å². The molecule has 0 spiro atoms. The van der Waals surface area contributed by atoms with E-state index < -0.39 is 0 Å². The predicted octanol–water partition coefficient (Wildman–Crippen LogP) is 2.27. The van der Waals surface area contributed by atoms with Crippen molar-refractivity contribution in [3.8, 4) is 11.5 Å². The van der Waals surface area contributed by atoms with Gasteiger partial charge in [-0.05, 0) is 31.2 Å². The molecule has 2 aromatic rings. The molecule has 0 saturated carbocycles. The van der Waals surface area contributed by atoms with E-state index in [-0.39, 0.29) is 18.2 Å². The number of amides is 1. The highest BCUT2D eigenvalue weighted by Gasteiger charge is 2.05. The lowest BCUT2D eigenvalue weighted by Crippen LogP contribution is -2.25. The molecule has 0 fully saturated rings. The van der Waals surface area contributed by atoms with E-state index in [1.54, 1.807) is 18.2 Å². The molecular formula is C17H19N3O3. The highest BCUT2D eigenvalue weighted by Crippen LogP contribution is 2.27. The molecule has 0 saturated heterocycles. The normalized spacial score (nSPS) is 10.5. The fraction of sp³-hybridized carbons (Fsp3) is 0.176. The quantitative estimate of drug-likeness (QED) is 0.564. The van der Waals surface area contributed by atoms with Gasteiger partial charge in [0.2, 0.25) is 0 Å². The van der Waals surface area contributed by atoms with Crippen molar-refractivity contribution < 1.29 is 14.6 Å². The van der Waals surface area contributed by atoms with Gasteiger partial charge in [-0.3, -0.25) is 4.79 Å². The molecule has 0 atom stereocenters. The van der Waals surface area contributed by atoms with Gasteiger partial charge in [-0.1, -0.05) is 23.8 Å². The number of phenols is 1. The molecular weight excluding hydrogens is 294 g/mol. The summed E-state index contributed by atoms with van der Waals surface area (Å²) in [5, 5.41) is 16.7. The van der Waals surface area contributed by atoms with Gasteiger partial charge in [0.05, 0.1) is 19.9 Å². The third-order valence-corrected chi connectivity index (χ3v) is 3.15. The number of anilines is 1. The van der Waals surface area contributed by atoms with Gasteiger partial charge >= 0.3 is 0 Å². The van der Waals surface area contributed by atoms with Crippen LogP contribution in [0.15, 0.2) is 47.6 Å². The van der Waals surface area contributed by atoms with Crippen molar-refractivity contribution in [3.63, 3.8) is 0 Å². The summed E-state index contributed by atoms with van der Waals surface area (Å²) < 4.78 is 5.00. The maximum Gasteiger partial charge on any atom is 0.259 e. The lowest BCUT2D eigenvalue weighted by atomic mass is 10.2. The standard InChI is InChI=1S/C17H19N3O3/c1-12-6-8-14(9-7-12)18-11-16(21)20-19-10-13-4-3-5-15(23-2)17(13)22/h3-10,18,22H,11H2,1-2H3,(H,20,21)/b19-10+. The van der Waals surface area contributed by atoms with E-state index in [1.807, 2.05) is 31.2 Å². The molecule has 23 heavy (non-hydrogen) atoms. The van der Waals surface area contributed by atoms with Crippen LogP contribution in [0.5, 0.6) is 11.5 Å². The second-order valence-corrected chi connectivity index (χ2v) is 4.91. The van der Waals surface area contributed by atoms with Crippen molar-refractivity contribution in [3.05, 3.63) is 53.6 Å². The molecule has 6 heteroatoms.